The minimum absolute atomic E-state index is 0.0282. The fourth-order valence-corrected chi connectivity index (χ4v) is 7.70. The second-order valence-electron chi connectivity index (χ2n) is 10.2. The van der Waals surface area contributed by atoms with Crippen molar-refractivity contribution in [1.29, 1.82) is 0 Å². The highest BCUT2D eigenvalue weighted by atomic mass is 32.1. The molecule has 1 amide bonds. The zero-order valence-corrected chi connectivity index (χ0v) is 18.9. The molecule has 1 aromatic carbocycles. The maximum Gasteiger partial charge on any atom is 0.258 e. The van der Waals surface area contributed by atoms with E-state index in [-0.39, 0.29) is 16.9 Å². The topological polar surface area (TPSA) is 87.7 Å². The Bertz CT molecular complexity index is 1190. The molecule has 7 heteroatoms. The van der Waals surface area contributed by atoms with E-state index in [4.69, 9.17) is 4.98 Å². The molecule has 166 valence electrons. The van der Waals surface area contributed by atoms with Crippen molar-refractivity contribution in [2.24, 2.45) is 17.8 Å². The van der Waals surface area contributed by atoms with Gasteiger partial charge in [0.1, 0.15) is 5.82 Å². The van der Waals surface area contributed by atoms with E-state index < -0.39 is 0 Å². The summed E-state index contributed by atoms with van der Waals surface area (Å²) in [4.78, 5) is 36.9. The van der Waals surface area contributed by atoms with Gasteiger partial charge in [0, 0.05) is 23.6 Å². The number of aromatic amines is 1. The molecule has 0 atom stereocenters. The number of fused-ring (bicyclic) bond motifs is 1. The lowest BCUT2D eigenvalue weighted by molar-refractivity contribution is -0.116. The quantitative estimate of drug-likeness (QED) is 0.566. The van der Waals surface area contributed by atoms with E-state index >= 15 is 0 Å². The number of amides is 1. The number of hydrogen-bond acceptors (Lipinski definition) is 5. The molecule has 2 aromatic heterocycles. The van der Waals surface area contributed by atoms with Crippen molar-refractivity contribution in [3.63, 3.8) is 0 Å². The monoisotopic (exact) mass is 448 g/mol. The van der Waals surface area contributed by atoms with E-state index in [0.717, 1.165) is 22.9 Å². The Morgan fingerprint density at radius 1 is 1.09 bits per heavy atom. The Kier molecular flexibility index (Phi) is 4.90. The Balaban J connectivity index is 1.06. The molecule has 2 heterocycles. The summed E-state index contributed by atoms with van der Waals surface area (Å²) in [7, 11) is 0. The molecule has 0 radical (unpaired) electrons. The highest BCUT2D eigenvalue weighted by molar-refractivity contribution is 7.13. The van der Waals surface area contributed by atoms with Crippen LogP contribution in [0.3, 0.4) is 0 Å². The molecule has 0 saturated heterocycles. The fourth-order valence-electron chi connectivity index (χ4n) is 6.85. The van der Waals surface area contributed by atoms with Gasteiger partial charge in [0.25, 0.3) is 5.56 Å². The summed E-state index contributed by atoms with van der Waals surface area (Å²) < 4.78 is 0. The normalized spacial score (nSPS) is 28.3. The third-order valence-corrected chi connectivity index (χ3v) is 8.57. The van der Waals surface area contributed by atoms with E-state index in [1.54, 1.807) is 17.4 Å². The van der Waals surface area contributed by atoms with E-state index in [1.807, 2.05) is 18.2 Å². The van der Waals surface area contributed by atoms with E-state index in [1.165, 1.54) is 44.2 Å². The van der Waals surface area contributed by atoms with Crippen molar-refractivity contribution in [2.45, 2.75) is 63.2 Å². The van der Waals surface area contributed by atoms with Gasteiger partial charge in [0.05, 0.1) is 16.6 Å². The number of rotatable bonds is 6. The number of hydrogen-bond donors (Lipinski definition) is 2. The first-order valence-electron chi connectivity index (χ1n) is 11.8. The predicted octanol–water partition coefficient (Wildman–Crippen LogP) is 4.81. The van der Waals surface area contributed by atoms with Gasteiger partial charge in [0.2, 0.25) is 5.91 Å². The van der Waals surface area contributed by atoms with Crippen LogP contribution < -0.4 is 10.9 Å². The molecule has 4 aliphatic carbocycles. The molecule has 2 N–H and O–H groups in total. The number of carbonyl (C=O) groups is 1. The van der Waals surface area contributed by atoms with Crippen LogP contribution in [0.25, 0.3) is 10.9 Å². The smallest absolute Gasteiger partial charge is 0.258 e. The fraction of sp³-hybridized carbons (Fsp3) is 0.520. The molecule has 4 aliphatic rings. The number of thiazole rings is 1. The Morgan fingerprint density at radius 3 is 2.56 bits per heavy atom. The van der Waals surface area contributed by atoms with Gasteiger partial charge in [-0.3, -0.25) is 9.59 Å². The van der Waals surface area contributed by atoms with Gasteiger partial charge in [-0.15, -0.1) is 11.3 Å². The van der Waals surface area contributed by atoms with Crippen molar-refractivity contribution < 1.29 is 4.79 Å². The SMILES string of the molecule is O=C(CCCc1nc2ccccc2c(=O)[nH]1)Nc1nc(C23CC4CC(CC(C4)C2)C3)cs1. The number of benzene rings is 1. The first-order chi connectivity index (χ1) is 15.6. The van der Waals surface area contributed by atoms with Crippen LogP contribution in [0, 0.1) is 17.8 Å². The Labute approximate surface area is 190 Å². The van der Waals surface area contributed by atoms with E-state index in [0.29, 0.717) is 36.0 Å². The van der Waals surface area contributed by atoms with Crippen LogP contribution in [0.5, 0.6) is 0 Å². The van der Waals surface area contributed by atoms with Crippen LogP contribution in [-0.4, -0.2) is 20.9 Å². The minimum atomic E-state index is -0.130. The Morgan fingerprint density at radius 2 is 1.81 bits per heavy atom. The largest absolute Gasteiger partial charge is 0.310 e. The first-order valence-corrected chi connectivity index (χ1v) is 12.7. The van der Waals surface area contributed by atoms with Crippen LogP contribution >= 0.6 is 11.3 Å². The lowest BCUT2D eigenvalue weighted by atomic mass is 9.49. The van der Waals surface area contributed by atoms with Crippen LogP contribution in [0.4, 0.5) is 5.13 Å². The number of carbonyl (C=O) groups excluding carboxylic acids is 1. The summed E-state index contributed by atoms with van der Waals surface area (Å²) >= 11 is 1.56. The lowest BCUT2D eigenvalue weighted by Gasteiger charge is -2.56. The molecule has 0 spiro atoms. The third kappa shape index (κ3) is 3.66. The summed E-state index contributed by atoms with van der Waals surface area (Å²) in [6.45, 7) is 0. The number of aryl methyl sites for hydroxylation is 1. The number of para-hydroxylation sites is 1. The van der Waals surface area contributed by atoms with Gasteiger partial charge < -0.3 is 10.3 Å². The van der Waals surface area contributed by atoms with E-state index in [9.17, 15) is 9.59 Å². The predicted molar refractivity (Wildman–Crippen MR) is 126 cm³/mol. The number of aromatic nitrogens is 3. The molecule has 7 rings (SSSR count). The van der Waals surface area contributed by atoms with Crippen molar-refractivity contribution in [2.75, 3.05) is 5.32 Å². The van der Waals surface area contributed by atoms with E-state index in [2.05, 4.69) is 20.7 Å². The van der Waals surface area contributed by atoms with Crippen molar-refractivity contribution in [3.8, 4) is 0 Å². The summed E-state index contributed by atoms with van der Waals surface area (Å²) in [5.41, 5.74) is 2.04. The molecule has 4 fully saturated rings. The number of nitrogens with zero attached hydrogens (tertiary/aromatic N) is 2. The molecule has 4 saturated carbocycles. The number of anilines is 1. The molecule has 0 unspecified atom stereocenters. The van der Waals surface area contributed by atoms with Gasteiger partial charge in [-0.1, -0.05) is 12.1 Å². The Hall–Kier alpha value is -2.54. The van der Waals surface area contributed by atoms with Crippen LogP contribution in [0.1, 0.15) is 62.9 Å². The first kappa shape index (κ1) is 20.1. The maximum atomic E-state index is 12.5. The maximum absolute atomic E-state index is 12.5. The van der Waals surface area contributed by atoms with Crippen LogP contribution in [0.2, 0.25) is 0 Å². The number of H-pyrrole nitrogens is 1. The van der Waals surface area contributed by atoms with Gasteiger partial charge in [0.15, 0.2) is 5.13 Å². The van der Waals surface area contributed by atoms with Gasteiger partial charge in [-0.25, -0.2) is 9.97 Å². The summed E-state index contributed by atoms with van der Waals surface area (Å²) in [5.74, 6) is 3.25. The van der Waals surface area contributed by atoms with Crippen LogP contribution in [-0.2, 0) is 16.6 Å². The molecule has 0 aliphatic heterocycles. The molecule has 3 aromatic rings. The van der Waals surface area contributed by atoms with Crippen molar-refractivity contribution in [1.82, 2.24) is 15.0 Å². The molecular formula is C25H28N4O2S. The van der Waals surface area contributed by atoms with Gasteiger partial charge >= 0.3 is 0 Å². The van der Waals surface area contributed by atoms with Crippen molar-refractivity contribution >= 4 is 33.3 Å². The average molecular weight is 449 g/mol. The summed E-state index contributed by atoms with van der Waals surface area (Å²) in [6.07, 6.45) is 9.68. The average Bonchev–Trinajstić information content (AvgIpc) is 3.22. The minimum Gasteiger partial charge on any atom is -0.310 e. The zero-order chi connectivity index (χ0) is 21.7. The highest BCUT2D eigenvalue weighted by Crippen LogP contribution is 2.60. The molecular weight excluding hydrogens is 420 g/mol. The second-order valence-corrected chi connectivity index (χ2v) is 11.0. The zero-order valence-electron chi connectivity index (χ0n) is 18.1. The molecule has 4 bridgehead atoms. The van der Waals surface area contributed by atoms with Gasteiger partial charge in [-0.2, -0.15) is 0 Å². The summed E-state index contributed by atoms with van der Waals surface area (Å²) in [6, 6.07) is 7.31. The standard InChI is InChI=1S/C25H28N4O2S/c30-22(7-3-6-21-26-19-5-2-1-4-18(19)23(31)28-21)29-24-27-20(14-32-24)25-11-15-8-16(12-25)10-17(9-15)13-25/h1-2,4-5,14-17H,3,6-13H2,(H,26,28,31)(H,27,29,30). The number of nitrogens with one attached hydrogen (secondary N) is 2. The van der Waals surface area contributed by atoms with Crippen molar-refractivity contribution in [3.05, 3.63) is 51.5 Å². The molecule has 32 heavy (non-hydrogen) atoms. The molecule has 6 nitrogen and oxygen atoms in total. The third-order valence-electron chi connectivity index (χ3n) is 7.81. The lowest BCUT2D eigenvalue weighted by Crippen LogP contribution is -2.48. The summed E-state index contributed by atoms with van der Waals surface area (Å²) in [5, 5.41) is 6.50. The second kappa shape index (κ2) is 7.80. The van der Waals surface area contributed by atoms with Crippen LogP contribution in [0.15, 0.2) is 34.4 Å². The van der Waals surface area contributed by atoms with Gasteiger partial charge in [-0.05, 0) is 74.8 Å². The highest BCUT2D eigenvalue weighted by Gasteiger charge is 2.52.